The van der Waals surface area contributed by atoms with Crippen LogP contribution in [0.15, 0.2) is 6.20 Å². The molecule has 0 aliphatic carbocycles. The van der Waals surface area contributed by atoms with Crippen molar-refractivity contribution < 1.29 is 14.3 Å². The molecule has 0 aromatic carbocycles. The molecular formula is C12H21N5O3. The molecule has 0 bridgehead atoms. The molecule has 20 heavy (non-hydrogen) atoms. The molecule has 0 spiro atoms. The van der Waals surface area contributed by atoms with Gasteiger partial charge in [0.2, 0.25) is 5.91 Å². The highest BCUT2D eigenvalue weighted by Gasteiger charge is 2.24. The monoisotopic (exact) mass is 283 g/mol. The zero-order chi connectivity index (χ0) is 15.3. The number of esters is 1. The summed E-state index contributed by atoms with van der Waals surface area (Å²) in [5, 5.41) is 10.4. The largest absolute Gasteiger partial charge is 0.464 e. The van der Waals surface area contributed by atoms with Crippen LogP contribution in [0.25, 0.3) is 0 Å². The highest BCUT2D eigenvalue weighted by atomic mass is 16.5. The van der Waals surface area contributed by atoms with E-state index in [-0.39, 0.29) is 17.5 Å². The predicted octanol–water partition coefficient (Wildman–Crippen LogP) is 0.0728. The van der Waals surface area contributed by atoms with Gasteiger partial charge in [-0.2, -0.15) is 0 Å². The van der Waals surface area contributed by atoms with Gasteiger partial charge in [0.25, 0.3) is 0 Å². The lowest BCUT2D eigenvalue weighted by molar-refractivity contribution is -0.123. The number of nitrogens with zero attached hydrogens (tertiary/aromatic N) is 3. The van der Waals surface area contributed by atoms with Crippen molar-refractivity contribution in [1.29, 1.82) is 0 Å². The number of hydrogen-bond donors (Lipinski definition) is 2. The fraction of sp³-hybridized carbons (Fsp3) is 0.667. The van der Waals surface area contributed by atoms with E-state index >= 15 is 0 Å². The van der Waals surface area contributed by atoms with E-state index in [9.17, 15) is 9.59 Å². The normalized spacial score (nSPS) is 15.2. The number of nitrogens with one attached hydrogen (secondary N) is 1. The summed E-state index contributed by atoms with van der Waals surface area (Å²) in [5.74, 6) is -0.756. The summed E-state index contributed by atoms with van der Waals surface area (Å²) in [4.78, 5) is 23.1. The molecule has 1 unspecified atom stereocenters. The lowest BCUT2D eigenvalue weighted by Crippen LogP contribution is -2.44. The van der Waals surface area contributed by atoms with Gasteiger partial charge in [-0.05, 0) is 19.3 Å². The van der Waals surface area contributed by atoms with Crippen LogP contribution >= 0.6 is 0 Å². The molecule has 1 aromatic heterocycles. The van der Waals surface area contributed by atoms with Crippen molar-refractivity contribution in [2.45, 2.75) is 39.4 Å². The third-order valence-corrected chi connectivity index (χ3v) is 3.08. The second kappa shape index (κ2) is 6.99. The van der Waals surface area contributed by atoms with Crippen molar-refractivity contribution in [2.75, 3.05) is 7.11 Å². The van der Waals surface area contributed by atoms with Gasteiger partial charge in [0.1, 0.15) is 6.17 Å². The van der Waals surface area contributed by atoms with E-state index in [0.29, 0.717) is 0 Å². The molecule has 112 valence electrons. The third kappa shape index (κ3) is 3.77. The molecule has 1 amide bonds. The third-order valence-electron chi connectivity index (χ3n) is 3.08. The minimum absolute atomic E-state index is 0.0934. The van der Waals surface area contributed by atoms with Crippen molar-refractivity contribution in [3.63, 3.8) is 0 Å². The van der Waals surface area contributed by atoms with Crippen LogP contribution < -0.4 is 11.1 Å². The standard InChI is InChI=1S/C12H21N5O3/c1-5-7(2)10(14-11(18)8(3)13)17-6-9(15-16-17)12(19)20-4/h6-8,10H,5,13H2,1-4H3,(H,14,18)/t7?,8-,10+/m0/s1. The van der Waals surface area contributed by atoms with Gasteiger partial charge in [0.05, 0.1) is 19.3 Å². The Balaban J connectivity index is 2.96. The van der Waals surface area contributed by atoms with Crippen LogP contribution in [0.5, 0.6) is 0 Å². The van der Waals surface area contributed by atoms with Crippen LogP contribution in [0, 0.1) is 5.92 Å². The molecule has 3 N–H and O–H groups in total. The number of nitrogens with two attached hydrogens (primary N) is 1. The van der Waals surface area contributed by atoms with Crippen LogP contribution in [-0.4, -0.2) is 40.0 Å². The van der Waals surface area contributed by atoms with Crippen LogP contribution in [-0.2, 0) is 9.53 Å². The van der Waals surface area contributed by atoms with Crippen molar-refractivity contribution in [2.24, 2.45) is 11.7 Å². The lowest BCUT2D eigenvalue weighted by Gasteiger charge is -2.24. The van der Waals surface area contributed by atoms with E-state index in [2.05, 4.69) is 20.4 Å². The molecular weight excluding hydrogens is 262 g/mol. The second-order valence-corrected chi connectivity index (χ2v) is 4.70. The van der Waals surface area contributed by atoms with E-state index < -0.39 is 18.2 Å². The number of aromatic nitrogens is 3. The molecule has 0 saturated heterocycles. The molecule has 0 aliphatic heterocycles. The molecule has 0 fully saturated rings. The molecule has 1 rings (SSSR count). The molecule has 0 radical (unpaired) electrons. The summed E-state index contributed by atoms with van der Waals surface area (Å²) in [6.45, 7) is 5.56. The van der Waals surface area contributed by atoms with Gasteiger partial charge in [-0.3, -0.25) is 4.79 Å². The SMILES string of the molecule is CCC(C)[C@H](NC(=O)[C@H](C)N)n1cc(C(=O)OC)nn1. The zero-order valence-electron chi connectivity index (χ0n) is 12.2. The average molecular weight is 283 g/mol. The van der Waals surface area contributed by atoms with Gasteiger partial charge in [0, 0.05) is 0 Å². The van der Waals surface area contributed by atoms with Gasteiger partial charge in [-0.1, -0.05) is 19.1 Å². The molecule has 0 aliphatic rings. The average Bonchev–Trinajstić information content (AvgIpc) is 2.91. The molecule has 8 nitrogen and oxygen atoms in total. The first-order valence-electron chi connectivity index (χ1n) is 6.46. The van der Waals surface area contributed by atoms with Gasteiger partial charge in [0.15, 0.2) is 5.69 Å². The van der Waals surface area contributed by atoms with E-state index in [1.165, 1.54) is 18.0 Å². The Morgan fingerprint density at radius 2 is 2.15 bits per heavy atom. The highest BCUT2D eigenvalue weighted by Crippen LogP contribution is 2.17. The van der Waals surface area contributed by atoms with Crippen LogP contribution in [0.1, 0.15) is 43.8 Å². The fourth-order valence-corrected chi connectivity index (χ4v) is 1.58. The van der Waals surface area contributed by atoms with Crippen molar-refractivity contribution in [3.8, 4) is 0 Å². The van der Waals surface area contributed by atoms with E-state index in [0.717, 1.165) is 6.42 Å². The van der Waals surface area contributed by atoms with Crippen molar-refractivity contribution >= 4 is 11.9 Å². The first-order chi connectivity index (χ1) is 9.40. The quantitative estimate of drug-likeness (QED) is 0.715. The number of ether oxygens (including phenoxy) is 1. The number of amides is 1. The minimum atomic E-state index is -0.620. The number of hydrogen-bond acceptors (Lipinski definition) is 6. The van der Waals surface area contributed by atoms with Crippen molar-refractivity contribution in [3.05, 3.63) is 11.9 Å². The number of carbonyl (C=O) groups excluding carboxylic acids is 2. The number of methoxy groups -OCH3 is 1. The van der Waals surface area contributed by atoms with Crippen LogP contribution in [0.2, 0.25) is 0 Å². The summed E-state index contributed by atoms with van der Waals surface area (Å²) >= 11 is 0. The zero-order valence-corrected chi connectivity index (χ0v) is 12.2. The summed E-state index contributed by atoms with van der Waals surface area (Å²) in [6, 6.07) is -0.620. The van der Waals surface area contributed by atoms with Gasteiger partial charge >= 0.3 is 5.97 Å². The van der Waals surface area contributed by atoms with E-state index in [1.54, 1.807) is 6.92 Å². The molecule has 1 heterocycles. The summed E-state index contributed by atoms with van der Waals surface area (Å²) < 4.78 is 6.02. The maximum atomic E-state index is 11.8. The Bertz CT molecular complexity index is 471. The number of carbonyl (C=O) groups is 2. The molecule has 3 atom stereocenters. The summed E-state index contributed by atoms with van der Waals surface area (Å²) in [7, 11) is 1.27. The summed E-state index contributed by atoms with van der Waals surface area (Å²) in [5.41, 5.74) is 5.64. The van der Waals surface area contributed by atoms with E-state index in [1.807, 2.05) is 13.8 Å². The maximum absolute atomic E-state index is 11.8. The van der Waals surface area contributed by atoms with Crippen LogP contribution in [0.4, 0.5) is 0 Å². The first-order valence-corrected chi connectivity index (χ1v) is 6.46. The molecule has 1 aromatic rings. The second-order valence-electron chi connectivity index (χ2n) is 4.70. The lowest BCUT2D eigenvalue weighted by atomic mass is 10.1. The Kier molecular flexibility index (Phi) is 5.63. The van der Waals surface area contributed by atoms with Crippen molar-refractivity contribution in [1.82, 2.24) is 20.3 Å². The van der Waals surface area contributed by atoms with Gasteiger partial charge in [-0.15, -0.1) is 5.10 Å². The predicted molar refractivity (Wildman–Crippen MR) is 71.6 cm³/mol. The highest BCUT2D eigenvalue weighted by molar-refractivity contribution is 5.86. The Hall–Kier alpha value is -1.96. The maximum Gasteiger partial charge on any atom is 0.360 e. The minimum Gasteiger partial charge on any atom is -0.464 e. The Morgan fingerprint density at radius 3 is 2.65 bits per heavy atom. The number of rotatable bonds is 6. The summed E-state index contributed by atoms with van der Waals surface area (Å²) in [6.07, 6.45) is 1.85. The fourth-order valence-electron chi connectivity index (χ4n) is 1.58. The Labute approximate surface area is 117 Å². The van der Waals surface area contributed by atoms with Gasteiger partial charge < -0.3 is 15.8 Å². The van der Waals surface area contributed by atoms with Gasteiger partial charge in [-0.25, -0.2) is 9.48 Å². The smallest absolute Gasteiger partial charge is 0.360 e. The molecule has 0 saturated carbocycles. The van der Waals surface area contributed by atoms with Crippen LogP contribution in [0.3, 0.4) is 0 Å². The Morgan fingerprint density at radius 1 is 1.50 bits per heavy atom. The molecule has 8 heteroatoms. The first kappa shape index (κ1) is 16.1. The topological polar surface area (TPSA) is 112 Å². The van der Waals surface area contributed by atoms with E-state index in [4.69, 9.17) is 5.73 Å².